The van der Waals surface area contributed by atoms with Crippen molar-refractivity contribution in [3.63, 3.8) is 0 Å². The number of alkyl halides is 2. The number of aromatic nitrogens is 3. The largest absolute Gasteiger partial charge is 0.363 e. The molecule has 1 fully saturated rings. The van der Waals surface area contributed by atoms with E-state index >= 15 is 0 Å². The SMILES string of the molecule is Cc1nc(N[C@H](C)c2cccc(C(F)F)c2F)c2cc([C@@H]3CCCN(C)C3)c(C)nc2n1. The highest BCUT2D eigenvalue weighted by Gasteiger charge is 2.24. The Hall–Kier alpha value is -2.74. The van der Waals surface area contributed by atoms with Crippen molar-refractivity contribution in [2.24, 2.45) is 0 Å². The number of nitrogens with zero attached hydrogens (tertiary/aromatic N) is 4. The molecule has 1 N–H and O–H groups in total. The number of benzene rings is 1. The van der Waals surface area contributed by atoms with Crippen molar-refractivity contribution < 1.29 is 13.2 Å². The van der Waals surface area contributed by atoms with E-state index in [1.54, 1.807) is 13.8 Å². The first-order valence-corrected chi connectivity index (χ1v) is 10.9. The number of nitrogens with one attached hydrogen (secondary N) is 1. The summed E-state index contributed by atoms with van der Waals surface area (Å²) in [4.78, 5) is 16.1. The lowest BCUT2D eigenvalue weighted by Gasteiger charge is -2.30. The van der Waals surface area contributed by atoms with Gasteiger partial charge >= 0.3 is 0 Å². The first-order valence-electron chi connectivity index (χ1n) is 10.9. The summed E-state index contributed by atoms with van der Waals surface area (Å²) in [6, 6.07) is 5.59. The summed E-state index contributed by atoms with van der Waals surface area (Å²) in [5, 5.41) is 3.97. The molecule has 2 aromatic heterocycles. The lowest BCUT2D eigenvalue weighted by atomic mass is 9.89. The number of hydrogen-bond donors (Lipinski definition) is 1. The van der Waals surface area contributed by atoms with Gasteiger partial charge in [-0.2, -0.15) is 0 Å². The van der Waals surface area contributed by atoms with Gasteiger partial charge in [0.2, 0.25) is 0 Å². The molecule has 1 aromatic carbocycles. The Kier molecular flexibility index (Phi) is 6.33. The molecule has 0 saturated carbocycles. The van der Waals surface area contributed by atoms with E-state index in [0.717, 1.165) is 48.6 Å². The minimum atomic E-state index is -2.87. The molecule has 8 heteroatoms. The van der Waals surface area contributed by atoms with Crippen LogP contribution in [0.25, 0.3) is 11.0 Å². The van der Waals surface area contributed by atoms with Crippen LogP contribution in [-0.4, -0.2) is 40.0 Å². The molecule has 0 amide bonds. The highest BCUT2D eigenvalue weighted by atomic mass is 19.3. The van der Waals surface area contributed by atoms with Crippen molar-refractivity contribution >= 4 is 16.9 Å². The molecule has 3 heterocycles. The zero-order valence-electron chi connectivity index (χ0n) is 18.8. The molecule has 0 aliphatic carbocycles. The lowest BCUT2D eigenvalue weighted by Crippen LogP contribution is -2.31. The average molecular weight is 444 g/mol. The number of hydrogen-bond acceptors (Lipinski definition) is 5. The molecule has 1 aliphatic heterocycles. The van der Waals surface area contributed by atoms with Gasteiger partial charge in [-0.25, -0.2) is 28.1 Å². The Labute approximate surface area is 186 Å². The molecule has 1 aliphatic rings. The lowest BCUT2D eigenvalue weighted by molar-refractivity contribution is 0.146. The van der Waals surface area contributed by atoms with E-state index in [1.807, 2.05) is 6.92 Å². The standard InChI is InChI=1S/C24H28F3N5/c1-13(17-8-5-9-18(21(17)25)22(26)27)28-23-20-11-19(16-7-6-10-32(4)12-16)14(2)29-24(20)31-15(3)30-23/h5,8-9,11,13,16,22H,6-7,10,12H2,1-4H3,(H,28,29,30,31)/t13-,16-/m1/s1. The summed E-state index contributed by atoms with van der Waals surface area (Å²) < 4.78 is 41.0. The van der Waals surface area contributed by atoms with Crippen molar-refractivity contribution in [2.45, 2.75) is 52.0 Å². The normalized spacial score (nSPS) is 18.3. The second-order valence-corrected chi connectivity index (χ2v) is 8.67. The monoisotopic (exact) mass is 443 g/mol. The fourth-order valence-corrected chi connectivity index (χ4v) is 4.57. The average Bonchev–Trinajstić information content (AvgIpc) is 2.73. The van der Waals surface area contributed by atoms with E-state index in [4.69, 9.17) is 4.98 Å². The van der Waals surface area contributed by atoms with E-state index in [1.165, 1.54) is 12.1 Å². The van der Waals surface area contributed by atoms with E-state index in [9.17, 15) is 13.2 Å². The maximum absolute atomic E-state index is 14.7. The van der Waals surface area contributed by atoms with Crippen LogP contribution in [0.3, 0.4) is 0 Å². The number of anilines is 1. The molecule has 2 atom stereocenters. The Bertz CT molecular complexity index is 1130. The smallest absolute Gasteiger partial charge is 0.266 e. The van der Waals surface area contributed by atoms with Crippen molar-refractivity contribution in [2.75, 3.05) is 25.5 Å². The number of likely N-dealkylation sites (N-methyl/N-ethyl adjacent to an activating group) is 1. The number of aryl methyl sites for hydroxylation is 2. The van der Waals surface area contributed by atoms with Gasteiger partial charge in [0, 0.05) is 17.8 Å². The van der Waals surface area contributed by atoms with E-state index < -0.39 is 23.8 Å². The third-order valence-corrected chi connectivity index (χ3v) is 6.21. The molecule has 0 bridgehead atoms. The maximum Gasteiger partial charge on any atom is 0.266 e. The highest BCUT2D eigenvalue weighted by Crippen LogP contribution is 2.33. The topological polar surface area (TPSA) is 53.9 Å². The third kappa shape index (κ3) is 4.41. The molecule has 4 rings (SSSR count). The number of pyridine rings is 1. The molecular weight excluding hydrogens is 415 g/mol. The summed E-state index contributed by atoms with van der Waals surface area (Å²) in [6.07, 6.45) is -0.645. The van der Waals surface area contributed by atoms with Gasteiger partial charge in [0.25, 0.3) is 6.43 Å². The number of halogens is 3. The number of likely N-dealkylation sites (tertiary alicyclic amines) is 1. The first kappa shape index (κ1) is 22.5. The van der Waals surface area contributed by atoms with Crippen LogP contribution >= 0.6 is 0 Å². The van der Waals surface area contributed by atoms with Crippen molar-refractivity contribution in [3.8, 4) is 0 Å². The predicted octanol–water partition coefficient (Wildman–Crippen LogP) is 5.70. The molecule has 0 radical (unpaired) electrons. The van der Waals surface area contributed by atoms with Crippen LogP contribution in [0.2, 0.25) is 0 Å². The fraction of sp³-hybridized carbons (Fsp3) is 0.458. The van der Waals surface area contributed by atoms with Gasteiger partial charge < -0.3 is 10.2 Å². The second kappa shape index (κ2) is 9.02. The van der Waals surface area contributed by atoms with Gasteiger partial charge in [-0.05, 0) is 64.8 Å². The van der Waals surface area contributed by atoms with Crippen LogP contribution < -0.4 is 5.32 Å². The van der Waals surface area contributed by atoms with Gasteiger partial charge in [0.05, 0.1) is 17.0 Å². The second-order valence-electron chi connectivity index (χ2n) is 8.67. The summed E-state index contributed by atoms with van der Waals surface area (Å²) in [5.74, 6) is 0.542. The van der Waals surface area contributed by atoms with E-state index in [2.05, 4.69) is 33.3 Å². The molecule has 5 nitrogen and oxygen atoms in total. The zero-order valence-corrected chi connectivity index (χ0v) is 18.8. The number of rotatable bonds is 5. The minimum Gasteiger partial charge on any atom is -0.363 e. The molecular formula is C24H28F3N5. The zero-order chi connectivity index (χ0) is 23.0. The minimum absolute atomic E-state index is 0.168. The molecule has 32 heavy (non-hydrogen) atoms. The maximum atomic E-state index is 14.7. The van der Waals surface area contributed by atoms with Crippen LogP contribution in [0.4, 0.5) is 19.0 Å². The fourth-order valence-electron chi connectivity index (χ4n) is 4.57. The van der Waals surface area contributed by atoms with Gasteiger partial charge in [-0.1, -0.05) is 18.2 Å². The molecule has 1 saturated heterocycles. The van der Waals surface area contributed by atoms with Crippen LogP contribution in [0, 0.1) is 19.7 Å². The predicted molar refractivity (Wildman–Crippen MR) is 120 cm³/mol. The van der Waals surface area contributed by atoms with Crippen LogP contribution in [0.1, 0.15) is 66.4 Å². The first-order chi connectivity index (χ1) is 15.2. The van der Waals surface area contributed by atoms with Crippen LogP contribution in [-0.2, 0) is 0 Å². The van der Waals surface area contributed by atoms with Gasteiger partial charge in [-0.15, -0.1) is 0 Å². The Morgan fingerprint density at radius 1 is 1.12 bits per heavy atom. The van der Waals surface area contributed by atoms with Gasteiger partial charge in [-0.3, -0.25) is 0 Å². The van der Waals surface area contributed by atoms with Crippen molar-refractivity contribution in [1.82, 2.24) is 19.9 Å². The molecule has 170 valence electrons. The third-order valence-electron chi connectivity index (χ3n) is 6.21. The van der Waals surface area contributed by atoms with E-state index in [-0.39, 0.29) is 5.56 Å². The quantitative estimate of drug-likeness (QED) is 0.548. The Morgan fingerprint density at radius 3 is 2.59 bits per heavy atom. The number of fused-ring (bicyclic) bond motifs is 1. The van der Waals surface area contributed by atoms with E-state index in [0.29, 0.717) is 23.2 Å². The van der Waals surface area contributed by atoms with Crippen molar-refractivity contribution in [3.05, 3.63) is 58.3 Å². The molecule has 0 spiro atoms. The molecule has 0 unspecified atom stereocenters. The number of piperidine rings is 1. The van der Waals surface area contributed by atoms with Crippen LogP contribution in [0.15, 0.2) is 24.3 Å². The molecule has 3 aromatic rings. The van der Waals surface area contributed by atoms with Gasteiger partial charge in [0.1, 0.15) is 17.5 Å². The van der Waals surface area contributed by atoms with Crippen LogP contribution in [0.5, 0.6) is 0 Å². The summed E-state index contributed by atoms with van der Waals surface area (Å²) in [6.45, 7) is 7.56. The van der Waals surface area contributed by atoms with Crippen molar-refractivity contribution in [1.29, 1.82) is 0 Å². The summed E-state index contributed by atoms with van der Waals surface area (Å²) >= 11 is 0. The highest BCUT2D eigenvalue weighted by molar-refractivity contribution is 5.87. The summed E-state index contributed by atoms with van der Waals surface area (Å²) in [7, 11) is 2.12. The van der Waals surface area contributed by atoms with Gasteiger partial charge in [0.15, 0.2) is 5.65 Å². The Morgan fingerprint density at radius 2 is 1.88 bits per heavy atom. The summed E-state index contributed by atoms with van der Waals surface area (Å²) in [5.41, 5.74) is 2.25. The Balaban J connectivity index is 1.74.